The van der Waals surface area contributed by atoms with Gasteiger partial charge in [-0.1, -0.05) is 39.1 Å². The quantitative estimate of drug-likeness (QED) is 0.714. The maximum atomic E-state index is 13.9. The van der Waals surface area contributed by atoms with Crippen LogP contribution in [0.1, 0.15) is 45.2 Å². The highest BCUT2D eigenvalue weighted by Crippen LogP contribution is 2.53. The van der Waals surface area contributed by atoms with E-state index >= 15 is 0 Å². The molecule has 2 aromatic carbocycles. The minimum absolute atomic E-state index is 0. The lowest BCUT2D eigenvalue weighted by Gasteiger charge is -2.25. The molecule has 4 heterocycles. The third kappa shape index (κ3) is 3.98. The van der Waals surface area contributed by atoms with Gasteiger partial charge in [0.1, 0.15) is 29.6 Å². The molecule has 0 radical (unpaired) electrons. The predicted octanol–water partition coefficient (Wildman–Crippen LogP) is 4.33. The maximum Gasteiger partial charge on any atom is 0.245 e. The fourth-order valence-corrected chi connectivity index (χ4v) is 5.33. The molecular formula is C26H35ClN2O4. The van der Waals surface area contributed by atoms with Gasteiger partial charge in [0.15, 0.2) is 0 Å². The van der Waals surface area contributed by atoms with Gasteiger partial charge in [-0.25, -0.2) is 0 Å². The van der Waals surface area contributed by atoms with Crippen molar-refractivity contribution >= 4 is 24.0 Å². The van der Waals surface area contributed by atoms with Crippen molar-refractivity contribution in [1.82, 2.24) is 5.32 Å². The average Bonchev–Trinajstić information content (AvgIpc) is 3.55. The lowest BCUT2D eigenvalue weighted by Crippen LogP contribution is -2.44. The van der Waals surface area contributed by atoms with Gasteiger partial charge in [-0.05, 0) is 43.5 Å². The first kappa shape index (κ1) is 25.3. The molecule has 33 heavy (non-hydrogen) atoms. The van der Waals surface area contributed by atoms with E-state index in [0.717, 1.165) is 67.3 Å². The molecular weight excluding hydrogens is 440 g/mol. The average molecular weight is 475 g/mol. The van der Waals surface area contributed by atoms with Crippen LogP contribution in [-0.4, -0.2) is 51.0 Å². The first-order valence-electron chi connectivity index (χ1n) is 10.9. The van der Waals surface area contributed by atoms with Gasteiger partial charge in [0.05, 0.1) is 12.6 Å². The van der Waals surface area contributed by atoms with Crippen molar-refractivity contribution in [1.29, 1.82) is 0 Å². The molecule has 1 amide bonds. The Morgan fingerprint density at radius 2 is 1.97 bits per heavy atom. The molecule has 180 valence electrons. The topological polar surface area (TPSA) is 60.0 Å². The Labute approximate surface area is 203 Å². The molecule has 0 aliphatic carbocycles. The van der Waals surface area contributed by atoms with Crippen molar-refractivity contribution in [2.45, 2.75) is 51.7 Å². The molecule has 0 aromatic heterocycles. The van der Waals surface area contributed by atoms with Gasteiger partial charge in [0.25, 0.3) is 0 Å². The van der Waals surface area contributed by atoms with Crippen LogP contribution in [0.15, 0.2) is 42.5 Å². The second kappa shape index (κ2) is 9.92. The molecule has 6 rings (SSSR count). The normalized spacial score (nSPS) is 26.7. The summed E-state index contributed by atoms with van der Waals surface area (Å²) in [6.07, 6.45) is 3.36. The smallest absolute Gasteiger partial charge is 0.245 e. The van der Waals surface area contributed by atoms with Gasteiger partial charge in [-0.15, -0.1) is 12.4 Å². The van der Waals surface area contributed by atoms with Gasteiger partial charge in [-0.3, -0.25) is 4.79 Å². The Bertz CT molecular complexity index is 988. The van der Waals surface area contributed by atoms with Gasteiger partial charge >= 0.3 is 0 Å². The molecule has 7 heteroatoms. The third-order valence-corrected chi connectivity index (χ3v) is 6.85. The van der Waals surface area contributed by atoms with Crippen molar-refractivity contribution in [3.8, 4) is 11.5 Å². The molecule has 0 saturated carbocycles. The van der Waals surface area contributed by atoms with Crippen LogP contribution >= 0.6 is 12.4 Å². The molecule has 4 aliphatic heterocycles. The number of carbonyl (C=O) groups excluding carboxylic acids is 1. The Hall–Kier alpha value is -2.28. The van der Waals surface area contributed by atoms with Gasteiger partial charge in [0, 0.05) is 30.5 Å². The molecule has 4 aliphatic rings. The van der Waals surface area contributed by atoms with E-state index in [1.54, 1.807) is 0 Å². The highest BCUT2D eigenvalue weighted by Gasteiger charge is 2.57. The largest absolute Gasteiger partial charge is 0.491 e. The molecule has 2 saturated heterocycles. The predicted molar refractivity (Wildman–Crippen MR) is 133 cm³/mol. The summed E-state index contributed by atoms with van der Waals surface area (Å²) >= 11 is 0. The van der Waals surface area contributed by atoms with Crippen LogP contribution in [-0.2, 0) is 14.9 Å². The zero-order valence-corrected chi connectivity index (χ0v) is 18.2. The van der Waals surface area contributed by atoms with Crippen molar-refractivity contribution in [2.75, 3.05) is 37.7 Å². The van der Waals surface area contributed by atoms with E-state index in [-0.39, 0.29) is 45.4 Å². The fourth-order valence-electron chi connectivity index (χ4n) is 5.33. The molecule has 3 atom stereocenters. The summed E-state index contributed by atoms with van der Waals surface area (Å²) in [6.45, 7) is 3.56. The highest BCUT2D eigenvalue weighted by molar-refractivity contribution is 6.11. The Kier molecular flexibility index (Phi) is 7.62. The van der Waals surface area contributed by atoms with Crippen LogP contribution < -0.4 is 19.7 Å². The maximum absolute atomic E-state index is 13.9. The first-order valence-corrected chi connectivity index (χ1v) is 10.9. The zero-order chi connectivity index (χ0) is 20.1. The standard InChI is InChI=1S/C24H26N2O4.2CH4.ClH/c27-23-24(19-5-1-2-6-21(19)26(23)14-18-4-3-11-28-18)15-29-22-12-16(7-8-20(22)24)30-17-9-10-25-13-17;;;/h1-2,5-8,12,17-18,25H,3-4,9-11,13-15H2;2*1H4;1H/t17-,18-,24?;;;/m1.../s1. The summed E-state index contributed by atoms with van der Waals surface area (Å²) < 4.78 is 18.0. The summed E-state index contributed by atoms with van der Waals surface area (Å²) in [7, 11) is 0. The van der Waals surface area contributed by atoms with Gasteiger partial charge in [-0.2, -0.15) is 0 Å². The van der Waals surface area contributed by atoms with Crippen LogP contribution in [0.4, 0.5) is 5.69 Å². The summed E-state index contributed by atoms with van der Waals surface area (Å²) in [4.78, 5) is 15.8. The summed E-state index contributed by atoms with van der Waals surface area (Å²) in [5.41, 5.74) is 2.16. The molecule has 0 bridgehead atoms. The van der Waals surface area contributed by atoms with Crippen LogP contribution in [0.5, 0.6) is 11.5 Å². The number of nitrogens with zero attached hydrogens (tertiary/aromatic N) is 1. The SMILES string of the molecule is C.C.Cl.O=C1N(C[C@H]2CCCO2)c2ccccc2C12COc1cc(O[C@@H]3CCNC3)ccc12. The van der Waals surface area contributed by atoms with Crippen LogP contribution in [0.2, 0.25) is 0 Å². The minimum Gasteiger partial charge on any atom is -0.491 e. The van der Waals surface area contributed by atoms with Gasteiger partial charge in [0.2, 0.25) is 5.91 Å². The number of hydrogen-bond acceptors (Lipinski definition) is 5. The van der Waals surface area contributed by atoms with Crippen molar-refractivity contribution in [3.05, 3.63) is 53.6 Å². The number of amides is 1. The number of hydrogen-bond donors (Lipinski definition) is 1. The van der Waals surface area contributed by atoms with E-state index in [1.807, 2.05) is 41.3 Å². The molecule has 2 fully saturated rings. The number of para-hydroxylation sites is 1. The highest BCUT2D eigenvalue weighted by atomic mass is 35.5. The van der Waals surface area contributed by atoms with Crippen LogP contribution in [0.3, 0.4) is 0 Å². The molecule has 1 unspecified atom stereocenters. The third-order valence-electron chi connectivity index (χ3n) is 6.85. The van der Waals surface area contributed by atoms with E-state index in [0.29, 0.717) is 13.2 Å². The molecule has 6 nitrogen and oxygen atoms in total. The monoisotopic (exact) mass is 474 g/mol. The Morgan fingerprint density at radius 3 is 2.73 bits per heavy atom. The minimum atomic E-state index is -0.780. The number of fused-ring (bicyclic) bond motifs is 4. The number of nitrogens with one attached hydrogen (secondary N) is 1. The van der Waals surface area contributed by atoms with E-state index in [1.165, 1.54) is 0 Å². The molecule has 1 N–H and O–H groups in total. The number of halogens is 1. The van der Waals surface area contributed by atoms with Crippen molar-refractivity contribution in [3.63, 3.8) is 0 Å². The lowest BCUT2D eigenvalue weighted by atomic mass is 9.77. The Balaban J connectivity index is 0.00000102. The van der Waals surface area contributed by atoms with Crippen LogP contribution in [0, 0.1) is 0 Å². The summed E-state index contributed by atoms with van der Waals surface area (Å²) in [5.74, 6) is 1.64. The van der Waals surface area contributed by atoms with Crippen LogP contribution in [0.25, 0.3) is 0 Å². The number of anilines is 1. The zero-order valence-electron chi connectivity index (χ0n) is 17.3. The lowest BCUT2D eigenvalue weighted by molar-refractivity contribution is -0.122. The number of benzene rings is 2. The number of rotatable bonds is 4. The molecule has 1 spiro atoms. The first-order chi connectivity index (χ1) is 14.8. The number of ether oxygens (including phenoxy) is 3. The fraction of sp³-hybridized carbons (Fsp3) is 0.500. The summed E-state index contributed by atoms with van der Waals surface area (Å²) in [6, 6.07) is 14.1. The number of carbonyl (C=O) groups is 1. The van der Waals surface area contributed by atoms with E-state index in [2.05, 4.69) is 11.4 Å². The Morgan fingerprint density at radius 1 is 1.12 bits per heavy atom. The van der Waals surface area contributed by atoms with Crippen molar-refractivity contribution in [2.24, 2.45) is 0 Å². The van der Waals surface area contributed by atoms with Crippen molar-refractivity contribution < 1.29 is 19.0 Å². The van der Waals surface area contributed by atoms with Gasteiger partial charge < -0.3 is 24.4 Å². The molecule has 2 aromatic rings. The second-order valence-corrected chi connectivity index (χ2v) is 8.65. The van der Waals surface area contributed by atoms with E-state index in [9.17, 15) is 4.79 Å². The second-order valence-electron chi connectivity index (χ2n) is 8.65. The van der Waals surface area contributed by atoms with E-state index in [4.69, 9.17) is 14.2 Å². The van der Waals surface area contributed by atoms with E-state index < -0.39 is 5.41 Å². The summed E-state index contributed by atoms with van der Waals surface area (Å²) in [5, 5.41) is 3.32.